The highest BCUT2D eigenvalue weighted by Crippen LogP contribution is 2.21. The van der Waals surface area contributed by atoms with Crippen molar-refractivity contribution in [3.63, 3.8) is 0 Å². The molecule has 0 spiro atoms. The summed E-state index contributed by atoms with van der Waals surface area (Å²) in [6.07, 6.45) is 1.17. The van der Waals surface area contributed by atoms with E-state index in [2.05, 4.69) is 66.5 Å². The molecule has 0 aliphatic carbocycles. The lowest BCUT2D eigenvalue weighted by molar-refractivity contribution is 0.297. The van der Waals surface area contributed by atoms with E-state index in [1.807, 2.05) is 0 Å². The largest absolute Gasteiger partial charge is 0.300 e. The average Bonchev–Trinajstić information content (AvgIpc) is 2.82. The summed E-state index contributed by atoms with van der Waals surface area (Å²) in [7, 11) is 2.18. The summed E-state index contributed by atoms with van der Waals surface area (Å²) < 4.78 is 0. The number of nitrogens with zero attached hydrogens (tertiary/aromatic N) is 2. The Hall–Kier alpha value is -1.19. The number of benzene rings is 1. The predicted octanol–water partition coefficient (Wildman–Crippen LogP) is 4.08. The van der Waals surface area contributed by atoms with Crippen LogP contribution < -0.4 is 0 Å². The SMILES string of the molecule is CC[C@@H](CN(C)Cc1csc(C)n1)c1ccccc1. The maximum atomic E-state index is 4.53. The van der Waals surface area contributed by atoms with E-state index in [4.69, 9.17) is 0 Å². The molecule has 2 aromatic rings. The van der Waals surface area contributed by atoms with Crippen LogP contribution in [0.5, 0.6) is 0 Å². The van der Waals surface area contributed by atoms with Gasteiger partial charge < -0.3 is 0 Å². The van der Waals surface area contributed by atoms with Crippen molar-refractivity contribution in [3.8, 4) is 0 Å². The Morgan fingerprint density at radius 3 is 2.58 bits per heavy atom. The first-order valence-corrected chi connectivity index (χ1v) is 7.71. The van der Waals surface area contributed by atoms with E-state index in [0.717, 1.165) is 18.1 Å². The van der Waals surface area contributed by atoms with Gasteiger partial charge in [0.2, 0.25) is 0 Å². The summed E-state index contributed by atoms with van der Waals surface area (Å²) in [5, 5.41) is 3.31. The fraction of sp³-hybridized carbons (Fsp3) is 0.438. The van der Waals surface area contributed by atoms with Crippen molar-refractivity contribution in [2.24, 2.45) is 0 Å². The molecule has 3 heteroatoms. The fourth-order valence-electron chi connectivity index (χ4n) is 2.39. The zero-order valence-corrected chi connectivity index (χ0v) is 12.8. The summed E-state index contributed by atoms with van der Waals surface area (Å²) in [6, 6.07) is 10.8. The van der Waals surface area contributed by atoms with Crippen LogP contribution >= 0.6 is 11.3 Å². The Morgan fingerprint density at radius 1 is 1.26 bits per heavy atom. The lowest BCUT2D eigenvalue weighted by Crippen LogP contribution is -2.24. The maximum absolute atomic E-state index is 4.53. The van der Waals surface area contributed by atoms with Crippen molar-refractivity contribution >= 4 is 11.3 Å². The van der Waals surface area contributed by atoms with Crippen molar-refractivity contribution in [1.82, 2.24) is 9.88 Å². The molecule has 2 nitrogen and oxygen atoms in total. The number of hydrogen-bond donors (Lipinski definition) is 0. The van der Waals surface area contributed by atoms with Crippen molar-refractivity contribution < 1.29 is 0 Å². The van der Waals surface area contributed by atoms with E-state index in [-0.39, 0.29) is 0 Å². The van der Waals surface area contributed by atoms with Gasteiger partial charge in [-0.1, -0.05) is 37.3 Å². The Labute approximate surface area is 120 Å². The lowest BCUT2D eigenvalue weighted by Gasteiger charge is -2.23. The molecule has 0 unspecified atom stereocenters. The summed E-state index contributed by atoms with van der Waals surface area (Å²) in [5.74, 6) is 0.603. The number of rotatable bonds is 6. The van der Waals surface area contributed by atoms with Crippen molar-refractivity contribution in [2.75, 3.05) is 13.6 Å². The molecular formula is C16H22N2S. The highest BCUT2D eigenvalue weighted by molar-refractivity contribution is 7.09. The molecule has 1 aromatic heterocycles. The quantitative estimate of drug-likeness (QED) is 0.789. The third-order valence-electron chi connectivity index (χ3n) is 3.39. The Bertz CT molecular complexity index is 492. The van der Waals surface area contributed by atoms with Gasteiger partial charge in [0.05, 0.1) is 10.7 Å². The van der Waals surface area contributed by atoms with Gasteiger partial charge in [-0.25, -0.2) is 4.98 Å². The normalized spacial score (nSPS) is 12.8. The van der Waals surface area contributed by atoms with Gasteiger partial charge in [-0.3, -0.25) is 4.90 Å². The molecule has 0 saturated heterocycles. The molecule has 0 fully saturated rings. The van der Waals surface area contributed by atoms with Crippen molar-refractivity contribution in [1.29, 1.82) is 0 Å². The molecule has 19 heavy (non-hydrogen) atoms. The average molecular weight is 274 g/mol. The first-order valence-electron chi connectivity index (χ1n) is 6.83. The molecule has 2 rings (SSSR count). The zero-order valence-electron chi connectivity index (χ0n) is 12.0. The third-order valence-corrected chi connectivity index (χ3v) is 4.22. The smallest absolute Gasteiger partial charge is 0.0897 e. The molecule has 1 heterocycles. The van der Waals surface area contributed by atoms with Gasteiger partial charge in [-0.15, -0.1) is 11.3 Å². The van der Waals surface area contributed by atoms with Crippen LogP contribution in [0.25, 0.3) is 0 Å². The second kappa shape index (κ2) is 6.83. The number of thiazole rings is 1. The molecule has 0 aliphatic rings. The Morgan fingerprint density at radius 2 is 2.00 bits per heavy atom. The molecule has 0 saturated carbocycles. The molecule has 0 aliphatic heterocycles. The molecule has 0 bridgehead atoms. The molecule has 0 amide bonds. The van der Waals surface area contributed by atoms with E-state index in [1.54, 1.807) is 11.3 Å². The fourth-order valence-corrected chi connectivity index (χ4v) is 3.00. The van der Waals surface area contributed by atoms with Crippen LogP contribution in [0.3, 0.4) is 0 Å². The van der Waals surface area contributed by atoms with Gasteiger partial charge in [-0.05, 0) is 31.9 Å². The number of likely N-dealkylation sites (N-methyl/N-ethyl adjacent to an activating group) is 1. The van der Waals surface area contributed by atoms with E-state index in [0.29, 0.717) is 5.92 Å². The first-order chi connectivity index (χ1) is 9.19. The molecule has 0 radical (unpaired) electrons. The van der Waals surface area contributed by atoms with Gasteiger partial charge in [0.15, 0.2) is 0 Å². The number of hydrogen-bond acceptors (Lipinski definition) is 3. The summed E-state index contributed by atoms with van der Waals surface area (Å²) in [6.45, 7) is 6.34. The zero-order chi connectivity index (χ0) is 13.7. The Balaban J connectivity index is 1.95. The van der Waals surface area contributed by atoms with E-state index in [1.165, 1.54) is 17.7 Å². The summed E-state index contributed by atoms with van der Waals surface area (Å²) in [4.78, 5) is 6.90. The van der Waals surface area contributed by atoms with E-state index in [9.17, 15) is 0 Å². The monoisotopic (exact) mass is 274 g/mol. The van der Waals surface area contributed by atoms with Gasteiger partial charge in [0, 0.05) is 18.5 Å². The minimum absolute atomic E-state index is 0.603. The molecule has 102 valence electrons. The Kier molecular flexibility index (Phi) is 5.11. The number of aryl methyl sites for hydroxylation is 1. The highest BCUT2D eigenvalue weighted by Gasteiger charge is 2.12. The molecule has 0 N–H and O–H groups in total. The lowest BCUT2D eigenvalue weighted by atomic mass is 9.96. The second-order valence-corrected chi connectivity index (χ2v) is 6.13. The van der Waals surface area contributed by atoms with Crippen LogP contribution in [0, 0.1) is 6.92 Å². The molecular weight excluding hydrogens is 252 g/mol. The van der Waals surface area contributed by atoms with Gasteiger partial charge >= 0.3 is 0 Å². The molecule has 1 atom stereocenters. The predicted molar refractivity (Wildman–Crippen MR) is 82.7 cm³/mol. The highest BCUT2D eigenvalue weighted by atomic mass is 32.1. The van der Waals surface area contributed by atoms with E-state index < -0.39 is 0 Å². The van der Waals surface area contributed by atoms with Crippen LogP contribution in [-0.4, -0.2) is 23.5 Å². The maximum Gasteiger partial charge on any atom is 0.0897 e. The van der Waals surface area contributed by atoms with Crippen molar-refractivity contribution in [3.05, 3.63) is 52.0 Å². The van der Waals surface area contributed by atoms with Crippen molar-refractivity contribution in [2.45, 2.75) is 32.7 Å². The summed E-state index contributed by atoms with van der Waals surface area (Å²) in [5.41, 5.74) is 2.62. The standard InChI is InChI=1S/C16H22N2S/c1-4-14(15-8-6-5-7-9-15)10-18(3)11-16-12-19-13(2)17-16/h5-9,12,14H,4,10-11H2,1-3H3/t14-/m0/s1. The van der Waals surface area contributed by atoms with Crippen LogP contribution in [-0.2, 0) is 6.54 Å². The van der Waals surface area contributed by atoms with Gasteiger partial charge in [-0.2, -0.15) is 0 Å². The third kappa shape index (κ3) is 4.15. The molecule has 1 aromatic carbocycles. The number of aromatic nitrogens is 1. The van der Waals surface area contributed by atoms with Crippen LogP contribution in [0.15, 0.2) is 35.7 Å². The minimum atomic E-state index is 0.603. The van der Waals surface area contributed by atoms with Crippen LogP contribution in [0.4, 0.5) is 0 Å². The summed E-state index contributed by atoms with van der Waals surface area (Å²) >= 11 is 1.73. The van der Waals surface area contributed by atoms with E-state index >= 15 is 0 Å². The van der Waals surface area contributed by atoms with Crippen LogP contribution in [0.2, 0.25) is 0 Å². The first kappa shape index (κ1) is 14.2. The van der Waals surface area contributed by atoms with Gasteiger partial charge in [0.25, 0.3) is 0 Å². The second-order valence-electron chi connectivity index (χ2n) is 5.07. The topological polar surface area (TPSA) is 16.1 Å². The van der Waals surface area contributed by atoms with Gasteiger partial charge in [0.1, 0.15) is 0 Å². The van der Waals surface area contributed by atoms with Crippen LogP contribution in [0.1, 0.15) is 35.5 Å². The minimum Gasteiger partial charge on any atom is -0.300 e.